The van der Waals surface area contributed by atoms with Crippen LogP contribution in [0.2, 0.25) is 5.02 Å². The number of aryl methyl sites for hydroxylation is 2. The highest BCUT2D eigenvalue weighted by Crippen LogP contribution is 2.21. The molecule has 0 radical (unpaired) electrons. The van der Waals surface area contributed by atoms with Crippen LogP contribution in [0.15, 0.2) is 48.5 Å². The molecule has 130 valence electrons. The lowest BCUT2D eigenvalue weighted by Crippen LogP contribution is -2.43. The molecule has 25 heavy (non-hydrogen) atoms. The summed E-state index contributed by atoms with van der Waals surface area (Å²) in [5, 5.41) is 0.599. The Hall–Kier alpha value is -2.79. The van der Waals surface area contributed by atoms with Crippen molar-refractivity contribution in [1.82, 2.24) is 10.9 Å². The zero-order chi connectivity index (χ0) is 18.2. The fourth-order valence-electron chi connectivity index (χ4n) is 1.98. The summed E-state index contributed by atoms with van der Waals surface area (Å²) in [4.78, 5) is 23.4. The van der Waals surface area contributed by atoms with Gasteiger partial charge in [0.05, 0.1) is 0 Å². The second-order valence-electron chi connectivity index (χ2n) is 5.48. The third-order valence-electron chi connectivity index (χ3n) is 3.33. The summed E-state index contributed by atoms with van der Waals surface area (Å²) < 4.78 is 5.39. The van der Waals surface area contributed by atoms with Gasteiger partial charge in [0.25, 0.3) is 11.8 Å². The number of carbonyl (C=O) groups is 2. The first-order valence-electron chi connectivity index (χ1n) is 7.66. The Kier molecular flexibility index (Phi) is 6.60. The van der Waals surface area contributed by atoms with Crippen molar-refractivity contribution < 1.29 is 14.3 Å². The lowest BCUT2D eigenvalue weighted by molar-refractivity contribution is -0.128. The van der Waals surface area contributed by atoms with Gasteiger partial charge in [-0.25, -0.2) is 0 Å². The van der Waals surface area contributed by atoms with Crippen LogP contribution in [-0.4, -0.2) is 18.4 Å². The summed E-state index contributed by atoms with van der Waals surface area (Å²) in [6.07, 6.45) is 3.00. The van der Waals surface area contributed by atoms with Crippen LogP contribution in [0.3, 0.4) is 0 Å². The molecule has 2 N–H and O–H groups in total. The normalized spacial score (nSPS) is 10.5. The van der Waals surface area contributed by atoms with Crippen LogP contribution in [0.4, 0.5) is 0 Å². The summed E-state index contributed by atoms with van der Waals surface area (Å²) in [6, 6.07) is 12.8. The maximum atomic E-state index is 11.7. The number of amides is 2. The lowest BCUT2D eigenvalue weighted by Gasteiger charge is -2.09. The molecule has 0 saturated heterocycles. The molecule has 2 aromatic rings. The molecule has 0 spiro atoms. The van der Waals surface area contributed by atoms with E-state index in [9.17, 15) is 9.59 Å². The van der Waals surface area contributed by atoms with Crippen LogP contribution >= 0.6 is 11.6 Å². The van der Waals surface area contributed by atoms with Gasteiger partial charge in [0.15, 0.2) is 6.61 Å². The van der Waals surface area contributed by atoms with Crippen molar-refractivity contribution >= 4 is 29.5 Å². The maximum Gasteiger partial charge on any atom is 0.276 e. The second-order valence-corrected chi connectivity index (χ2v) is 5.92. The number of rotatable bonds is 5. The minimum atomic E-state index is -0.466. The predicted molar refractivity (Wildman–Crippen MR) is 98.2 cm³/mol. The summed E-state index contributed by atoms with van der Waals surface area (Å²) in [5.41, 5.74) is 7.45. The Morgan fingerprint density at radius 2 is 1.80 bits per heavy atom. The van der Waals surface area contributed by atoms with Gasteiger partial charge in [0.2, 0.25) is 0 Å². The van der Waals surface area contributed by atoms with Crippen molar-refractivity contribution in [2.75, 3.05) is 6.61 Å². The van der Waals surface area contributed by atoms with Gasteiger partial charge in [0, 0.05) is 11.1 Å². The van der Waals surface area contributed by atoms with Crippen molar-refractivity contribution in [3.05, 3.63) is 70.3 Å². The van der Waals surface area contributed by atoms with Crippen molar-refractivity contribution in [3.8, 4) is 5.75 Å². The average Bonchev–Trinajstić information content (AvgIpc) is 2.58. The third-order valence-corrected chi connectivity index (χ3v) is 3.56. The van der Waals surface area contributed by atoms with Gasteiger partial charge in [0.1, 0.15) is 5.75 Å². The van der Waals surface area contributed by atoms with Crippen molar-refractivity contribution in [2.45, 2.75) is 13.8 Å². The minimum absolute atomic E-state index is 0.218. The van der Waals surface area contributed by atoms with Gasteiger partial charge in [-0.1, -0.05) is 41.4 Å². The smallest absolute Gasteiger partial charge is 0.276 e. The molecule has 2 amide bonds. The van der Waals surface area contributed by atoms with Gasteiger partial charge >= 0.3 is 0 Å². The van der Waals surface area contributed by atoms with Crippen molar-refractivity contribution in [2.24, 2.45) is 0 Å². The zero-order valence-electron chi connectivity index (χ0n) is 14.0. The third kappa shape index (κ3) is 6.31. The van der Waals surface area contributed by atoms with Gasteiger partial charge in [-0.3, -0.25) is 20.4 Å². The fraction of sp³-hybridized carbons (Fsp3) is 0.158. The number of benzene rings is 2. The molecule has 6 heteroatoms. The van der Waals surface area contributed by atoms with E-state index in [4.69, 9.17) is 16.3 Å². The van der Waals surface area contributed by atoms with Gasteiger partial charge in [-0.15, -0.1) is 0 Å². The Morgan fingerprint density at radius 1 is 1.08 bits per heavy atom. The summed E-state index contributed by atoms with van der Waals surface area (Å²) >= 11 is 5.86. The molecule has 0 atom stereocenters. The standard InChI is InChI=1S/C19H19ClN2O3/c1-13-3-5-15(6-4-13)7-10-18(23)21-22-19(24)12-25-17-9-8-16(20)11-14(17)2/h3-11H,12H2,1-2H3,(H,21,23)(H,22,24). The molecule has 0 unspecified atom stereocenters. The van der Waals surface area contributed by atoms with Gasteiger partial charge in [-0.2, -0.15) is 0 Å². The van der Waals surface area contributed by atoms with Crippen LogP contribution in [0.25, 0.3) is 6.08 Å². The molecule has 0 saturated carbocycles. The Morgan fingerprint density at radius 3 is 2.48 bits per heavy atom. The number of hydrogen-bond donors (Lipinski definition) is 2. The molecular weight excluding hydrogens is 340 g/mol. The van der Waals surface area contributed by atoms with E-state index in [0.717, 1.165) is 16.7 Å². The molecule has 2 aromatic carbocycles. The van der Waals surface area contributed by atoms with Gasteiger partial charge < -0.3 is 4.74 Å². The molecule has 0 aliphatic carbocycles. The van der Waals surface area contributed by atoms with Gasteiger partial charge in [-0.05, 0) is 49.2 Å². The van der Waals surface area contributed by atoms with Crippen LogP contribution < -0.4 is 15.6 Å². The van der Waals surface area contributed by atoms with E-state index in [-0.39, 0.29) is 6.61 Å². The molecule has 0 aliphatic heterocycles. The van der Waals surface area contributed by atoms with E-state index in [2.05, 4.69) is 10.9 Å². The summed E-state index contributed by atoms with van der Waals surface area (Å²) in [6.45, 7) is 3.60. The molecule has 5 nitrogen and oxygen atoms in total. The Labute approximate surface area is 151 Å². The van der Waals surface area contributed by atoms with E-state index in [1.165, 1.54) is 6.08 Å². The molecule has 2 rings (SSSR count). The number of carbonyl (C=O) groups excluding carboxylic acids is 2. The SMILES string of the molecule is Cc1ccc(C=CC(=O)NNC(=O)COc2ccc(Cl)cc2C)cc1. The fourth-order valence-corrected chi connectivity index (χ4v) is 2.20. The zero-order valence-corrected chi connectivity index (χ0v) is 14.8. The van der Waals surface area contributed by atoms with Crippen molar-refractivity contribution in [3.63, 3.8) is 0 Å². The van der Waals surface area contributed by atoms with E-state index in [1.807, 2.05) is 38.1 Å². The molecular formula is C19H19ClN2O3. The average molecular weight is 359 g/mol. The monoisotopic (exact) mass is 358 g/mol. The molecule has 0 heterocycles. The first kappa shape index (κ1) is 18.5. The highest BCUT2D eigenvalue weighted by atomic mass is 35.5. The van der Waals surface area contributed by atoms with E-state index in [1.54, 1.807) is 24.3 Å². The van der Waals surface area contributed by atoms with E-state index < -0.39 is 11.8 Å². The van der Waals surface area contributed by atoms with Crippen LogP contribution in [0.5, 0.6) is 5.75 Å². The van der Waals surface area contributed by atoms with Crippen LogP contribution in [0.1, 0.15) is 16.7 Å². The number of nitrogens with one attached hydrogen (secondary N) is 2. The van der Waals surface area contributed by atoms with Crippen LogP contribution in [0, 0.1) is 13.8 Å². The summed E-state index contributed by atoms with van der Waals surface area (Å²) in [7, 11) is 0. The molecule has 0 fully saturated rings. The second kappa shape index (κ2) is 8.89. The quantitative estimate of drug-likeness (QED) is 0.637. The van der Waals surface area contributed by atoms with E-state index >= 15 is 0 Å². The highest BCUT2D eigenvalue weighted by molar-refractivity contribution is 6.30. The highest BCUT2D eigenvalue weighted by Gasteiger charge is 2.06. The number of hydrazine groups is 1. The first-order valence-corrected chi connectivity index (χ1v) is 8.04. The maximum absolute atomic E-state index is 11.7. The van der Waals surface area contributed by atoms with Crippen molar-refractivity contribution in [1.29, 1.82) is 0 Å². The number of hydrogen-bond acceptors (Lipinski definition) is 3. The molecule has 0 bridgehead atoms. The summed E-state index contributed by atoms with van der Waals surface area (Å²) in [5.74, 6) is -0.340. The largest absolute Gasteiger partial charge is 0.483 e. The molecule has 0 aromatic heterocycles. The number of ether oxygens (including phenoxy) is 1. The minimum Gasteiger partial charge on any atom is -0.483 e. The Balaban J connectivity index is 1.75. The Bertz CT molecular complexity index is 786. The van der Waals surface area contributed by atoms with E-state index in [0.29, 0.717) is 10.8 Å². The molecule has 0 aliphatic rings. The van der Waals surface area contributed by atoms with Crippen LogP contribution in [-0.2, 0) is 9.59 Å². The predicted octanol–water partition coefficient (Wildman–Crippen LogP) is 3.20. The topological polar surface area (TPSA) is 67.4 Å². The first-order chi connectivity index (χ1) is 11.9. The number of halogens is 1. The lowest BCUT2D eigenvalue weighted by atomic mass is 10.1.